The molecule has 0 radical (unpaired) electrons. The molecule has 1 aromatic heterocycles. The average molecular weight is 290 g/mol. The molecule has 0 saturated carbocycles. The number of benzene rings is 1. The van der Waals surface area contributed by atoms with Crippen LogP contribution in [0.5, 0.6) is 5.75 Å². The molecule has 2 aromatic rings. The van der Waals surface area contributed by atoms with E-state index in [1.54, 1.807) is 11.3 Å². The number of ether oxygens (including phenoxy) is 1. The Hall–Kier alpha value is -1.39. The SMILES string of the molecule is CCOc1cccc(-c2nc(C(C)C)c(CNC)s2)c1. The zero-order valence-electron chi connectivity index (χ0n) is 12.6. The normalized spacial score (nSPS) is 11.1. The van der Waals surface area contributed by atoms with E-state index in [0.29, 0.717) is 12.5 Å². The molecule has 3 nitrogen and oxygen atoms in total. The van der Waals surface area contributed by atoms with E-state index in [0.717, 1.165) is 22.9 Å². The van der Waals surface area contributed by atoms with Gasteiger partial charge in [-0.05, 0) is 32.0 Å². The Morgan fingerprint density at radius 2 is 2.15 bits per heavy atom. The summed E-state index contributed by atoms with van der Waals surface area (Å²) in [7, 11) is 1.97. The fourth-order valence-electron chi connectivity index (χ4n) is 2.11. The maximum atomic E-state index is 5.56. The molecule has 108 valence electrons. The Balaban J connectivity index is 2.37. The van der Waals surface area contributed by atoms with Crippen molar-refractivity contribution in [1.29, 1.82) is 0 Å². The molecule has 0 atom stereocenters. The molecular weight excluding hydrogens is 268 g/mol. The zero-order chi connectivity index (χ0) is 14.5. The van der Waals surface area contributed by atoms with Crippen molar-refractivity contribution >= 4 is 11.3 Å². The second-order valence-electron chi connectivity index (χ2n) is 4.97. The molecule has 0 aliphatic rings. The van der Waals surface area contributed by atoms with Crippen molar-refractivity contribution in [2.45, 2.75) is 33.2 Å². The molecule has 0 aliphatic carbocycles. The van der Waals surface area contributed by atoms with Gasteiger partial charge in [0.1, 0.15) is 10.8 Å². The van der Waals surface area contributed by atoms with Gasteiger partial charge in [-0.25, -0.2) is 4.98 Å². The fraction of sp³-hybridized carbons (Fsp3) is 0.438. The van der Waals surface area contributed by atoms with Gasteiger partial charge in [-0.2, -0.15) is 0 Å². The summed E-state index contributed by atoms with van der Waals surface area (Å²) in [5, 5.41) is 4.29. The lowest BCUT2D eigenvalue weighted by Gasteiger charge is -2.04. The summed E-state index contributed by atoms with van der Waals surface area (Å²) in [6.45, 7) is 7.93. The van der Waals surface area contributed by atoms with Crippen molar-refractivity contribution < 1.29 is 4.74 Å². The van der Waals surface area contributed by atoms with Gasteiger partial charge in [0.2, 0.25) is 0 Å². The molecule has 1 N–H and O–H groups in total. The van der Waals surface area contributed by atoms with Crippen LogP contribution in [-0.2, 0) is 6.54 Å². The Morgan fingerprint density at radius 3 is 2.80 bits per heavy atom. The van der Waals surface area contributed by atoms with E-state index in [1.165, 1.54) is 10.6 Å². The highest BCUT2D eigenvalue weighted by Gasteiger charge is 2.15. The van der Waals surface area contributed by atoms with Crippen LogP contribution >= 0.6 is 11.3 Å². The maximum Gasteiger partial charge on any atom is 0.124 e. The third-order valence-corrected chi connectivity index (χ3v) is 4.12. The molecule has 0 fully saturated rings. The molecule has 20 heavy (non-hydrogen) atoms. The first-order chi connectivity index (χ1) is 9.65. The fourth-order valence-corrected chi connectivity index (χ4v) is 3.34. The van der Waals surface area contributed by atoms with Crippen LogP contribution in [0, 0.1) is 0 Å². The van der Waals surface area contributed by atoms with Crippen LogP contribution in [-0.4, -0.2) is 18.6 Å². The van der Waals surface area contributed by atoms with Gasteiger partial charge >= 0.3 is 0 Å². The predicted octanol–water partition coefficient (Wildman–Crippen LogP) is 4.05. The highest BCUT2D eigenvalue weighted by molar-refractivity contribution is 7.15. The zero-order valence-corrected chi connectivity index (χ0v) is 13.4. The Morgan fingerprint density at radius 1 is 1.35 bits per heavy atom. The predicted molar refractivity (Wildman–Crippen MR) is 85.6 cm³/mol. The number of thiazole rings is 1. The monoisotopic (exact) mass is 290 g/mol. The van der Waals surface area contributed by atoms with E-state index in [9.17, 15) is 0 Å². The summed E-state index contributed by atoms with van der Waals surface area (Å²) in [6.07, 6.45) is 0. The van der Waals surface area contributed by atoms with Crippen molar-refractivity contribution in [2.75, 3.05) is 13.7 Å². The molecule has 1 aromatic carbocycles. The van der Waals surface area contributed by atoms with E-state index in [2.05, 4.69) is 31.3 Å². The molecule has 0 aliphatic heterocycles. The van der Waals surface area contributed by atoms with E-state index in [4.69, 9.17) is 9.72 Å². The number of rotatable bonds is 6. The van der Waals surface area contributed by atoms with Crippen molar-refractivity contribution in [3.8, 4) is 16.3 Å². The van der Waals surface area contributed by atoms with Gasteiger partial charge in [-0.15, -0.1) is 11.3 Å². The summed E-state index contributed by atoms with van der Waals surface area (Å²) in [5.41, 5.74) is 2.33. The van der Waals surface area contributed by atoms with Crippen LogP contribution in [0.25, 0.3) is 10.6 Å². The second kappa shape index (κ2) is 6.86. The maximum absolute atomic E-state index is 5.56. The van der Waals surface area contributed by atoms with Gasteiger partial charge in [0, 0.05) is 17.0 Å². The number of hydrogen-bond acceptors (Lipinski definition) is 4. The van der Waals surface area contributed by atoms with Crippen molar-refractivity contribution in [3.63, 3.8) is 0 Å². The minimum Gasteiger partial charge on any atom is -0.494 e. The van der Waals surface area contributed by atoms with Crippen LogP contribution in [0.15, 0.2) is 24.3 Å². The minimum atomic E-state index is 0.443. The van der Waals surface area contributed by atoms with Crippen LogP contribution in [0.3, 0.4) is 0 Å². The number of nitrogens with one attached hydrogen (secondary N) is 1. The summed E-state index contributed by atoms with van der Waals surface area (Å²) in [6, 6.07) is 8.16. The van der Waals surface area contributed by atoms with Crippen molar-refractivity contribution in [3.05, 3.63) is 34.8 Å². The first kappa shape index (κ1) is 15.0. The number of hydrogen-bond donors (Lipinski definition) is 1. The lowest BCUT2D eigenvalue weighted by molar-refractivity contribution is 0.340. The number of aromatic nitrogens is 1. The van der Waals surface area contributed by atoms with Gasteiger partial charge in [0.25, 0.3) is 0 Å². The highest BCUT2D eigenvalue weighted by atomic mass is 32.1. The van der Waals surface area contributed by atoms with Gasteiger partial charge in [-0.3, -0.25) is 0 Å². The summed E-state index contributed by atoms with van der Waals surface area (Å²) < 4.78 is 5.56. The quantitative estimate of drug-likeness (QED) is 0.871. The Labute approximate surface area is 125 Å². The molecular formula is C16H22N2OS. The van der Waals surface area contributed by atoms with Crippen molar-refractivity contribution in [1.82, 2.24) is 10.3 Å². The van der Waals surface area contributed by atoms with Gasteiger partial charge < -0.3 is 10.1 Å². The summed E-state index contributed by atoms with van der Waals surface area (Å²) in [5.74, 6) is 1.35. The molecule has 0 saturated heterocycles. The Bertz CT molecular complexity index is 563. The van der Waals surface area contributed by atoms with Crippen molar-refractivity contribution in [2.24, 2.45) is 0 Å². The van der Waals surface area contributed by atoms with Crippen LogP contribution in [0.2, 0.25) is 0 Å². The minimum absolute atomic E-state index is 0.443. The van der Waals surface area contributed by atoms with E-state index < -0.39 is 0 Å². The standard InChI is InChI=1S/C16H22N2OS/c1-5-19-13-8-6-7-12(9-13)16-18-15(11(2)3)14(20-16)10-17-4/h6-9,11,17H,5,10H2,1-4H3. The van der Waals surface area contributed by atoms with Crippen LogP contribution in [0.1, 0.15) is 37.3 Å². The van der Waals surface area contributed by atoms with E-state index in [1.807, 2.05) is 26.1 Å². The molecule has 1 heterocycles. The third-order valence-electron chi connectivity index (χ3n) is 3.00. The van der Waals surface area contributed by atoms with E-state index >= 15 is 0 Å². The topological polar surface area (TPSA) is 34.1 Å². The van der Waals surface area contributed by atoms with E-state index in [-0.39, 0.29) is 0 Å². The van der Waals surface area contributed by atoms with Gasteiger partial charge in [-0.1, -0.05) is 26.0 Å². The Kier molecular flexibility index (Phi) is 5.15. The van der Waals surface area contributed by atoms with Gasteiger partial charge in [0.15, 0.2) is 0 Å². The first-order valence-corrected chi connectivity index (χ1v) is 7.84. The average Bonchev–Trinajstić information content (AvgIpc) is 2.84. The molecule has 0 bridgehead atoms. The third kappa shape index (κ3) is 3.38. The summed E-state index contributed by atoms with van der Waals surface area (Å²) in [4.78, 5) is 6.14. The smallest absolute Gasteiger partial charge is 0.124 e. The second-order valence-corrected chi connectivity index (χ2v) is 6.06. The first-order valence-electron chi connectivity index (χ1n) is 7.03. The lowest BCUT2D eigenvalue weighted by Crippen LogP contribution is -2.06. The van der Waals surface area contributed by atoms with Crippen LogP contribution < -0.4 is 10.1 Å². The highest BCUT2D eigenvalue weighted by Crippen LogP contribution is 2.33. The summed E-state index contributed by atoms with van der Waals surface area (Å²) >= 11 is 1.76. The van der Waals surface area contributed by atoms with Gasteiger partial charge in [0.05, 0.1) is 12.3 Å². The molecule has 0 spiro atoms. The lowest BCUT2D eigenvalue weighted by atomic mass is 10.1. The molecule has 4 heteroatoms. The number of nitrogens with zero attached hydrogens (tertiary/aromatic N) is 1. The van der Waals surface area contributed by atoms with Crippen LogP contribution in [0.4, 0.5) is 0 Å². The molecule has 0 unspecified atom stereocenters. The molecule has 0 amide bonds. The molecule has 2 rings (SSSR count). The largest absolute Gasteiger partial charge is 0.494 e.